The summed E-state index contributed by atoms with van der Waals surface area (Å²) in [5.41, 5.74) is 2.48. The summed E-state index contributed by atoms with van der Waals surface area (Å²) in [5, 5.41) is 3.64. The molecule has 0 bridgehead atoms. The second-order valence-electron chi connectivity index (χ2n) is 5.76. The van der Waals surface area contributed by atoms with Gasteiger partial charge in [-0.25, -0.2) is 0 Å². The van der Waals surface area contributed by atoms with Crippen LogP contribution in [0.5, 0.6) is 5.75 Å². The molecule has 106 valence electrons. The molecule has 0 spiro atoms. The molecule has 1 aliphatic rings. The van der Waals surface area contributed by atoms with E-state index < -0.39 is 0 Å². The summed E-state index contributed by atoms with van der Waals surface area (Å²) >= 11 is 0. The summed E-state index contributed by atoms with van der Waals surface area (Å²) in [6.07, 6.45) is 8.27. The minimum absolute atomic E-state index is 0.713. The molecule has 2 rings (SSSR count). The van der Waals surface area contributed by atoms with Crippen LogP contribution in [0.4, 0.5) is 0 Å². The van der Waals surface area contributed by atoms with Crippen LogP contribution >= 0.6 is 0 Å². The number of rotatable bonds is 5. The molecule has 1 N–H and O–H groups in total. The van der Waals surface area contributed by atoms with Crippen molar-refractivity contribution < 1.29 is 4.74 Å². The van der Waals surface area contributed by atoms with E-state index in [2.05, 4.69) is 37.4 Å². The van der Waals surface area contributed by atoms with Crippen LogP contribution in [0.25, 0.3) is 0 Å². The van der Waals surface area contributed by atoms with Gasteiger partial charge in [0.05, 0.1) is 0 Å². The molecular formula is C17H27NO. The Morgan fingerprint density at radius 2 is 1.84 bits per heavy atom. The molecule has 0 saturated heterocycles. The van der Waals surface area contributed by atoms with Crippen LogP contribution < -0.4 is 10.1 Å². The smallest absolute Gasteiger partial charge is 0.122 e. The number of aryl methyl sites for hydroxylation is 2. The zero-order chi connectivity index (χ0) is 13.5. The van der Waals surface area contributed by atoms with Crippen LogP contribution in [0.3, 0.4) is 0 Å². The quantitative estimate of drug-likeness (QED) is 0.639. The van der Waals surface area contributed by atoms with E-state index in [1.807, 2.05) is 0 Å². The van der Waals surface area contributed by atoms with Gasteiger partial charge in [0, 0.05) is 12.6 Å². The van der Waals surface area contributed by atoms with Crippen LogP contribution in [0.1, 0.15) is 49.7 Å². The molecule has 2 heteroatoms. The standard InChI is InChI=1S/C17H27NO/c1-14-9-10-15(2)17(13-14)19-12-11-18-16-7-5-3-4-6-8-16/h9-10,13,16,18H,3-8,11-12H2,1-2H3. The Bertz CT molecular complexity index is 381. The van der Waals surface area contributed by atoms with Crippen molar-refractivity contribution in [1.82, 2.24) is 5.32 Å². The van der Waals surface area contributed by atoms with Crippen molar-refractivity contribution >= 4 is 0 Å². The van der Waals surface area contributed by atoms with E-state index in [4.69, 9.17) is 4.74 Å². The molecule has 2 nitrogen and oxygen atoms in total. The van der Waals surface area contributed by atoms with Crippen molar-refractivity contribution in [3.05, 3.63) is 29.3 Å². The van der Waals surface area contributed by atoms with Crippen molar-refractivity contribution in [2.45, 2.75) is 58.4 Å². The molecule has 0 heterocycles. The van der Waals surface area contributed by atoms with Crippen molar-refractivity contribution in [2.24, 2.45) is 0 Å². The van der Waals surface area contributed by atoms with Gasteiger partial charge in [0.25, 0.3) is 0 Å². The summed E-state index contributed by atoms with van der Waals surface area (Å²) in [5.74, 6) is 1.03. The van der Waals surface area contributed by atoms with Crippen LogP contribution in [0.15, 0.2) is 18.2 Å². The van der Waals surface area contributed by atoms with Gasteiger partial charge in [-0.05, 0) is 43.9 Å². The number of hydrogen-bond donors (Lipinski definition) is 1. The minimum atomic E-state index is 0.713. The fourth-order valence-corrected chi connectivity index (χ4v) is 2.77. The molecule has 0 amide bonds. The number of ether oxygens (including phenoxy) is 1. The lowest BCUT2D eigenvalue weighted by Gasteiger charge is -2.17. The Kier molecular flexibility index (Phi) is 5.71. The first-order valence-electron chi connectivity index (χ1n) is 7.69. The van der Waals surface area contributed by atoms with Gasteiger partial charge in [0.2, 0.25) is 0 Å². The lowest BCUT2D eigenvalue weighted by Crippen LogP contribution is -2.32. The third-order valence-corrected chi connectivity index (χ3v) is 3.99. The lowest BCUT2D eigenvalue weighted by atomic mass is 10.1. The second-order valence-corrected chi connectivity index (χ2v) is 5.76. The zero-order valence-corrected chi connectivity index (χ0v) is 12.4. The van der Waals surface area contributed by atoms with E-state index in [1.54, 1.807) is 0 Å². The molecule has 19 heavy (non-hydrogen) atoms. The normalized spacial score (nSPS) is 17.2. The van der Waals surface area contributed by atoms with E-state index in [9.17, 15) is 0 Å². The van der Waals surface area contributed by atoms with Crippen LogP contribution in [-0.4, -0.2) is 19.2 Å². The number of nitrogens with one attached hydrogen (secondary N) is 1. The minimum Gasteiger partial charge on any atom is -0.492 e. The van der Waals surface area contributed by atoms with Gasteiger partial charge >= 0.3 is 0 Å². The molecule has 0 aromatic heterocycles. The van der Waals surface area contributed by atoms with Gasteiger partial charge in [-0.2, -0.15) is 0 Å². The molecule has 0 atom stereocenters. The van der Waals surface area contributed by atoms with E-state index in [1.165, 1.54) is 49.7 Å². The first-order chi connectivity index (χ1) is 9.25. The average molecular weight is 261 g/mol. The summed E-state index contributed by atoms with van der Waals surface area (Å²) in [7, 11) is 0. The second kappa shape index (κ2) is 7.54. The highest BCUT2D eigenvalue weighted by atomic mass is 16.5. The molecule has 1 aromatic carbocycles. The van der Waals surface area contributed by atoms with E-state index in [-0.39, 0.29) is 0 Å². The van der Waals surface area contributed by atoms with Gasteiger partial charge in [-0.1, -0.05) is 37.8 Å². The van der Waals surface area contributed by atoms with Crippen molar-refractivity contribution in [3.63, 3.8) is 0 Å². The Morgan fingerprint density at radius 1 is 1.11 bits per heavy atom. The Labute approximate surface area is 117 Å². The van der Waals surface area contributed by atoms with Crippen LogP contribution in [0.2, 0.25) is 0 Å². The molecule has 1 aliphatic carbocycles. The van der Waals surface area contributed by atoms with Gasteiger partial charge in [0.1, 0.15) is 12.4 Å². The third kappa shape index (κ3) is 4.87. The van der Waals surface area contributed by atoms with Crippen LogP contribution in [0, 0.1) is 13.8 Å². The predicted octanol–water partition coefficient (Wildman–Crippen LogP) is 3.99. The largest absolute Gasteiger partial charge is 0.492 e. The van der Waals surface area contributed by atoms with E-state index in [0.717, 1.165) is 18.9 Å². The third-order valence-electron chi connectivity index (χ3n) is 3.99. The Balaban J connectivity index is 1.69. The summed E-state index contributed by atoms with van der Waals surface area (Å²) in [6.45, 7) is 5.93. The summed E-state index contributed by atoms with van der Waals surface area (Å²) in [4.78, 5) is 0. The zero-order valence-electron chi connectivity index (χ0n) is 12.4. The SMILES string of the molecule is Cc1ccc(C)c(OCCNC2CCCCCC2)c1. The summed E-state index contributed by atoms with van der Waals surface area (Å²) < 4.78 is 5.88. The molecule has 1 saturated carbocycles. The maximum absolute atomic E-state index is 5.88. The summed E-state index contributed by atoms with van der Waals surface area (Å²) in [6, 6.07) is 7.10. The highest BCUT2D eigenvalue weighted by Crippen LogP contribution is 2.19. The first-order valence-corrected chi connectivity index (χ1v) is 7.69. The highest BCUT2D eigenvalue weighted by molar-refractivity contribution is 5.35. The fraction of sp³-hybridized carbons (Fsp3) is 0.647. The van der Waals surface area contributed by atoms with Gasteiger partial charge in [0.15, 0.2) is 0 Å². The monoisotopic (exact) mass is 261 g/mol. The molecule has 0 radical (unpaired) electrons. The number of hydrogen-bond acceptors (Lipinski definition) is 2. The lowest BCUT2D eigenvalue weighted by molar-refractivity contribution is 0.298. The maximum atomic E-state index is 5.88. The number of benzene rings is 1. The van der Waals surface area contributed by atoms with Gasteiger partial charge in [-0.3, -0.25) is 0 Å². The van der Waals surface area contributed by atoms with Crippen molar-refractivity contribution in [2.75, 3.05) is 13.2 Å². The molecule has 0 unspecified atom stereocenters. The Morgan fingerprint density at radius 3 is 2.58 bits per heavy atom. The first kappa shape index (κ1) is 14.4. The Hall–Kier alpha value is -1.02. The highest BCUT2D eigenvalue weighted by Gasteiger charge is 2.10. The van der Waals surface area contributed by atoms with Crippen molar-refractivity contribution in [1.29, 1.82) is 0 Å². The van der Waals surface area contributed by atoms with Gasteiger partial charge < -0.3 is 10.1 Å². The maximum Gasteiger partial charge on any atom is 0.122 e. The van der Waals surface area contributed by atoms with E-state index >= 15 is 0 Å². The van der Waals surface area contributed by atoms with Gasteiger partial charge in [-0.15, -0.1) is 0 Å². The predicted molar refractivity (Wildman–Crippen MR) is 80.9 cm³/mol. The molecule has 1 fully saturated rings. The topological polar surface area (TPSA) is 21.3 Å². The average Bonchev–Trinajstić information content (AvgIpc) is 2.67. The van der Waals surface area contributed by atoms with E-state index in [0.29, 0.717) is 6.04 Å². The molecular weight excluding hydrogens is 234 g/mol. The molecule has 1 aromatic rings. The van der Waals surface area contributed by atoms with Crippen LogP contribution in [-0.2, 0) is 0 Å². The fourth-order valence-electron chi connectivity index (χ4n) is 2.77. The van der Waals surface area contributed by atoms with Crippen molar-refractivity contribution in [3.8, 4) is 5.75 Å². The molecule has 0 aliphatic heterocycles.